The summed E-state index contributed by atoms with van der Waals surface area (Å²) in [6, 6.07) is 2.77. The highest BCUT2D eigenvalue weighted by atomic mass is 15.2. The molecule has 1 saturated heterocycles. The highest BCUT2D eigenvalue weighted by Gasteiger charge is 2.22. The maximum Gasteiger partial charge on any atom is 0.224 e. The van der Waals surface area contributed by atoms with Crippen molar-refractivity contribution in [3.05, 3.63) is 11.8 Å². The minimum Gasteiger partial charge on any atom is -0.354 e. The summed E-state index contributed by atoms with van der Waals surface area (Å²) in [6.07, 6.45) is 8.80. The van der Waals surface area contributed by atoms with Gasteiger partial charge in [0.05, 0.1) is 0 Å². The number of nitrogens with zero attached hydrogens (tertiary/aromatic N) is 3. The summed E-state index contributed by atoms with van der Waals surface area (Å²) in [5.41, 5.74) is 1.05. The van der Waals surface area contributed by atoms with Crippen molar-refractivity contribution < 1.29 is 0 Å². The average Bonchev–Trinajstić information content (AvgIpc) is 2.51. The normalized spacial score (nSPS) is 18.8. The Bertz CT molecular complexity index is 433. The number of anilines is 2. The minimum absolute atomic E-state index is 0.640. The SMILES string of the molecule is CCCCCNc1nc(C)cc(N2CCCCC2CC)n1. The van der Waals surface area contributed by atoms with Gasteiger partial charge in [-0.2, -0.15) is 4.98 Å². The van der Waals surface area contributed by atoms with E-state index in [0.29, 0.717) is 6.04 Å². The summed E-state index contributed by atoms with van der Waals surface area (Å²) in [4.78, 5) is 11.8. The van der Waals surface area contributed by atoms with Crippen LogP contribution in [-0.2, 0) is 0 Å². The summed E-state index contributed by atoms with van der Waals surface area (Å²) in [7, 11) is 0. The van der Waals surface area contributed by atoms with Gasteiger partial charge in [-0.15, -0.1) is 0 Å². The fraction of sp³-hybridized carbons (Fsp3) is 0.765. The quantitative estimate of drug-likeness (QED) is 0.766. The Hall–Kier alpha value is -1.32. The number of piperidine rings is 1. The van der Waals surface area contributed by atoms with Crippen LogP contribution in [0.15, 0.2) is 6.07 Å². The lowest BCUT2D eigenvalue weighted by Gasteiger charge is -2.36. The Balaban J connectivity index is 2.06. The zero-order valence-electron chi connectivity index (χ0n) is 13.9. The van der Waals surface area contributed by atoms with E-state index < -0.39 is 0 Å². The third-order valence-corrected chi connectivity index (χ3v) is 4.30. The highest BCUT2D eigenvalue weighted by molar-refractivity contribution is 5.46. The van der Waals surface area contributed by atoms with Gasteiger partial charge in [-0.25, -0.2) is 4.98 Å². The topological polar surface area (TPSA) is 41.1 Å². The molecule has 1 fully saturated rings. The second-order valence-corrected chi connectivity index (χ2v) is 6.08. The van der Waals surface area contributed by atoms with Gasteiger partial charge in [-0.3, -0.25) is 0 Å². The number of aryl methyl sites for hydroxylation is 1. The predicted molar refractivity (Wildman–Crippen MR) is 90.1 cm³/mol. The Morgan fingerprint density at radius 1 is 1.24 bits per heavy atom. The van der Waals surface area contributed by atoms with E-state index >= 15 is 0 Å². The van der Waals surface area contributed by atoms with Gasteiger partial charge in [0, 0.05) is 30.9 Å². The number of aromatic nitrogens is 2. The van der Waals surface area contributed by atoms with Crippen LogP contribution in [0.1, 0.15) is 64.5 Å². The van der Waals surface area contributed by atoms with Crippen LogP contribution >= 0.6 is 0 Å². The molecule has 0 radical (unpaired) electrons. The van der Waals surface area contributed by atoms with E-state index in [4.69, 9.17) is 4.98 Å². The van der Waals surface area contributed by atoms with Crippen LogP contribution in [0.5, 0.6) is 0 Å². The zero-order chi connectivity index (χ0) is 15.1. The molecule has 118 valence electrons. The van der Waals surface area contributed by atoms with Crippen molar-refractivity contribution in [3.8, 4) is 0 Å². The molecule has 1 aromatic rings. The van der Waals surface area contributed by atoms with Crippen molar-refractivity contribution in [3.63, 3.8) is 0 Å². The van der Waals surface area contributed by atoms with Crippen molar-refractivity contribution in [2.75, 3.05) is 23.3 Å². The molecule has 1 aliphatic heterocycles. The molecule has 0 aliphatic carbocycles. The first kappa shape index (κ1) is 16.1. The standard InChI is InChI=1S/C17H30N4/c1-4-6-8-11-18-17-19-14(3)13-16(20-17)21-12-9-7-10-15(21)5-2/h13,15H,4-12H2,1-3H3,(H,18,19,20). The highest BCUT2D eigenvalue weighted by Crippen LogP contribution is 2.26. The van der Waals surface area contributed by atoms with Gasteiger partial charge in [-0.1, -0.05) is 26.7 Å². The monoisotopic (exact) mass is 290 g/mol. The molecule has 1 aliphatic rings. The molecular formula is C17H30N4. The molecule has 2 rings (SSSR count). The maximum absolute atomic E-state index is 4.76. The second kappa shape index (κ2) is 8.20. The first-order valence-electron chi connectivity index (χ1n) is 8.60. The summed E-state index contributed by atoms with van der Waals surface area (Å²) < 4.78 is 0. The zero-order valence-corrected chi connectivity index (χ0v) is 13.9. The van der Waals surface area contributed by atoms with Gasteiger partial charge in [0.15, 0.2) is 0 Å². The van der Waals surface area contributed by atoms with Gasteiger partial charge in [-0.05, 0) is 39.0 Å². The Kier molecular flexibility index (Phi) is 6.27. The second-order valence-electron chi connectivity index (χ2n) is 6.08. The number of unbranched alkanes of at least 4 members (excludes halogenated alkanes) is 2. The Morgan fingerprint density at radius 3 is 2.86 bits per heavy atom. The first-order valence-corrected chi connectivity index (χ1v) is 8.60. The fourth-order valence-corrected chi connectivity index (χ4v) is 3.08. The molecule has 0 amide bonds. The van der Waals surface area contributed by atoms with Gasteiger partial charge >= 0.3 is 0 Å². The molecule has 0 spiro atoms. The lowest BCUT2D eigenvalue weighted by atomic mass is 10.00. The van der Waals surface area contributed by atoms with Gasteiger partial charge in [0.2, 0.25) is 5.95 Å². The summed E-state index contributed by atoms with van der Waals surface area (Å²) >= 11 is 0. The van der Waals surface area contributed by atoms with Crippen molar-refractivity contribution in [1.29, 1.82) is 0 Å². The molecule has 1 aromatic heterocycles. The van der Waals surface area contributed by atoms with Crippen LogP contribution in [0.2, 0.25) is 0 Å². The molecule has 1 unspecified atom stereocenters. The summed E-state index contributed by atoms with van der Waals surface area (Å²) in [5, 5.41) is 3.38. The largest absolute Gasteiger partial charge is 0.354 e. The molecule has 1 N–H and O–H groups in total. The van der Waals surface area contributed by atoms with Gasteiger partial charge in [0.1, 0.15) is 5.82 Å². The van der Waals surface area contributed by atoms with E-state index in [1.807, 2.05) is 0 Å². The van der Waals surface area contributed by atoms with E-state index in [-0.39, 0.29) is 0 Å². The van der Waals surface area contributed by atoms with Crippen LogP contribution in [0.4, 0.5) is 11.8 Å². The lowest BCUT2D eigenvalue weighted by Crippen LogP contribution is -2.39. The molecule has 2 heterocycles. The van der Waals surface area contributed by atoms with Crippen molar-refractivity contribution in [1.82, 2.24) is 9.97 Å². The smallest absolute Gasteiger partial charge is 0.224 e. The number of hydrogen-bond acceptors (Lipinski definition) is 4. The van der Waals surface area contributed by atoms with E-state index in [0.717, 1.165) is 30.5 Å². The van der Waals surface area contributed by atoms with Crippen LogP contribution in [0, 0.1) is 6.92 Å². The van der Waals surface area contributed by atoms with E-state index in [1.165, 1.54) is 44.9 Å². The third kappa shape index (κ3) is 4.58. The molecule has 0 aromatic carbocycles. The molecule has 0 saturated carbocycles. The number of nitrogens with one attached hydrogen (secondary N) is 1. The van der Waals surface area contributed by atoms with Gasteiger partial charge in [0.25, 0.3) is 0 Å². The molecule has 21 heavy (non-hydrogen) atoms. The average molecular weight is 290 g/mol. The molecule has 4 nitrogen and oxygen atoms in total. The Labute approximate surface area is 129 Å². The van der Waals surface area contributed by atoms with Crippen LogP contribution in [-0.4, -0.2) is 29.1 Å². The maximum atomic E-state index is 4.76. The lowest BCUT2D eigenvalue weighted by molar-refractivity contribution is 0.446. The van der Waals surface area contributed by atoms with Crippen molar-refractivity contribution in [2.45, 2.75) is 71.8 Å². The van der Waals surface area contributed by atoms with Crippen LogP contribution in [0.3, 0.4) is 0 Å². The first-order chi connectivity index (χ1) is 10.2. The predicted octanol–water partition coefficient (Wildman–Crippen LogP) is 4.16. The van der Waals surface area contributed by atoms with E-state index in [1.54, 1.807) is 0 Å². The molecule has 1 atom stereocenters. The summed E-state index contributed by atoms with van der Waals surface area (Å²) in [6.45, 7) is 8.66. The molecular weight excluding hydrogens is 260 g/mol. The third-order valence-electron chi connectivity index (χ3n) is 4.30. The van der Waals surface area contributed by atoms with E-state index in [9.17, 15) is 0 Å². The van der Waals surface area contributed by atoms with Crippen molar-refractivity contribution in [2.24, 2.45) is 0 Å². The fourth-order valence-electron chi connectivity index (χ4n) is 3.08. The molecule has 4 heteroatoms. The van der Waals surface area contributed by atoms with E-state index in [2.05, 4.69) is 42.0 Å². The number of hydrogen-bond donors (Lipinski definition) is 1. The van der Waals surface area contributed by atoms with Crippen LogP contribution in [0.25, 0.3) is 0 Å². The van der Waals surface area contributed by atoms with Gasteiger partial charge < -0.3 is 10.2 Å². The number of rotatable bonds is 7. The van der Waals surface area contributed by atoms with Crippen LogP contribution < -0.4 is 10.2 Å². The Morgan fingerprint density at radius 2 is 2.10 bits per heavy atom. The summed E-state index contributed by atoms with van der Waals surface area (Å²) in [5.74, 6) is 1.90. The van der Waals surface area contributed by atoms with Crippen molar-refractivity contribution >= 4 is 11.8 Å². The minimum atomic E-state index is 0.640. The molecule has 0 bridgehead atoms.